The minimum atomic E-state index is -0.430. The van der Waals surface area contributed by atoms with Gasteiger partial charge in [-0.25, -0.2) is 4.98 Å². The number of nitrogens with zero attached hydrogens (tertiary/aromatic N) is 3. The highest BCUT2D eigenvalue weighted by molar-refractivity contribution is 9.10. The molecule has 1 aromatic heterocycles. The van der Waals surface area contributed by atoms with E-state index in [9.17, 15) is 10.1 Å². The van der Waals surface area contributed by atoms with Gasteiger partial charge < -0.3 is 10.1 Å². The molecule has 1 aliphatic rings. The zero-order valence-corrected chi connectivity index (χ0v) is 13.7. The van der Waals surface area contributed by atoms with Crippen molar-refractivity contribution in [1.82, 2.24) is 9.88 Å². The van der Waals surface area contributed by atoms with E-state index in [0.29, 0.717) is 22.4 Å². The number of hydrogen-bond donors (Lipinski definition) is 1. The Kier molecular flexibility index (Phi) is 5.49. The molecule has 1 aromatic rings. The van der Waals surface area contributed by atoms with Gasteiger partial charge in [-0.05, 0) is 29.4 Å². The van der Waals surface area contributed by atoms with Crippen LogP contribution in [0.3, 0.4) is 0 Å². The Bertz CT molecular complexity index is 526. The Morgan fingerprint density at radius 1 is 1.67 bits per heavy atom. The average molecular weight is 359 g/mol. The van der Waals surface area contributed by atoms with Gasteiger partial charge in [-0.15, -0.1) is 0 Å². The molecule has 7 nitrogen and oxygen atoms in total. The molecule has 116 valence electrons. The van der Waals surface area contributed by atoms with Crippen LogP contribution in [0.5, 0.6) is 0 Å². The lowest BCUT2D eigenvalue weighted by Gasteiger charge is -2.32. The summed E-state index contributed by atoms with van der Waals surface area (Å²) >= 11 is 3.37. The van der Waals surface area contributed by atoms with Gasteiger partial charge in [-0.2, -0.15) is 0 Å². The van der Waals surface area contributed by atoms with Crippen LogP contribution in [0.1, 0.15) is 12.5 Å². The van der Waals surface area contributed by atoms with E-state index in [1.807, 2.05) is 0 Å². The van der Waals surface area contributed by atoms with Crippen LogP contribution in [0.2, 0.25) is 0 Å². The van der Waals surface area contributed by atoms with E-state index in [2.05, 4.69) is 38.1 Å². The largest absolute Gasteiger partial charge is 0.374 e. The summed E-state index contributed by atoms with van der Waals surface area (Å²) in [6, 6.07) is 0. The van der Waals surface area contributed by atoms with E-state index < -0.39 is 4.92 Å². The van der Waals surface area contributed by atoms with E-state index in [1.165, 1.54) is 6.20 Å². The van der Waals surface area contributed by atoms with Crippen molar-refractivity contribution in [1.29, 1.82) is 0 Å². The van der Waals surface area contributed by atoms with Crippen LogP contribution in [0.25, 0.3) is 0 Å². The van der Waals surface area contributed by atoms with Gasteiger partial charge in [0.1, 0.15) is 12.0 Å². The zero-order valence-electron chi connectivity index (χ0n) is 12.1. The highest BCUT2D eigenvalue weighted by atomic mass is 79.9. The first-order chi connectivity index (χ1) is 10.0. The van der Waals surface area contributed by atoms with E-state index >= 15 is 0 Å². The Hall–Kier alpha value is -1.25. The second kappa shape index (κ2) is 7.15. The summed E-state index contributed by atoms with van der Waals surface area (Å²) in [5, 5.41) is 14.1. The van der Waals surface area contributed by atoms with Gasteiger partial charge in [0.15, 0.2) is 0 Å². The molecule has 0 saturated carbocycles. The van der Waals surface area contributed by atoms with Crippen LogP contribution in [0.4, 0.5) is 11.5 Å². The van der Waals surface area contributed by atoms with Gasteiger partial charge in [-0.1, -0.05) is 6.92 Å². The first kappa shape index (κ1) is 16.1. The molecule has 0 aliphatic carbocycles. The molecule has 1 atom stereocenters. The third kappa shape index (κ3) is 3.90. The van der Waals surface area contributed by atoms with Crippen LogP contribution in [-0.2, 0) is 4.74 Å². The van der Waals surface area contributed by atoms with Crippen molar-refractivity contribution >= 4 is 27.4 Å². The first-order valence-corrected chi connectivity index (χ1v) is 7.69. The quantitative estimate of drug-likeness (QED) is 0.641. The Labute approximate surface area is 132 Å². The summed E-state index contributed by atoms with van der Waals surface area (Å²) in [5.41, 5.74) is 0.579. The third-order valence-electron chi connectivity index (χ3n) is 3.60. The number of nitro groups is 1. The molecule has 2 heterocycles. The van der Waals surface area contributed by atoms with E-state index in [1.54, 1.807) is 6.92 Å². The maximum absolute atomic E-state index is 10.9. The maximum atomic E-state index is 10.9. The minimum absolute atomic E-state index is 0.0125. The number of hydrogen-bond acceptors (Lipinski definition) is 6. The average Bonchev–Trinajstić information content (AvgIpc) is 2.48. The lowest BCUT2D eigenvalue weighted by molar-refractivity contribution is -0.385. The smallest absolute Gasteiger partial charge is 0.291 e. The van der Waals surface area contributed by atoms with Crippen molar-refractivity contribution in [3.8, 4) is 0 Å². The normalized spacial score (nSPS) is 19.5. The lowest BCUT2D eigenvalue weighted by atomic mass is 10.2. The molecular formula is C13H19BrN4O3. The summed E-state index contributed by atoms with van der Waals surface area (Å²) in [6.07, 6.45) is 1.38. The molecule has 0 amide bonds. The molecular weight excluding hydrogens is 340 g/mol. The van der Waals surface area contributed by atoms with Crippen LogP contribution in [0.15, 0.2) is 10.7 Å². The van der Waals surface area contributed by atoms with Gasteiger partial charge in [0.25, 0.3) is 5.69 Å². The Balaban J connectivity index is 2.00. The number of likely N-dealkylation sites (N-methyl/N-ethyl adjacent to an activating group) is 1. The van der Waals surface area contributed by atoms with Gasteiger partial charge in [0, 0.05) is 25.2 Å². The summed E-state index contributed by atoms with van der Waals surface area (Å²) < 4.78 is 6.33. The molecule has 21 heavy (non-hydrogen) atoms. The van der Waals surface area contributed by atoms with E-state index in [4.69, 9.17) is 4.74 Å². The molecule has 1 saturated heterocycles. The molecule has 1 fully saturated rings. The van der Waals surface area contributed by atoms with E-state index in [0.717, 1.165) is 26.2 Å². The number of pyridine rings is 1. The molecule has 1 aliphatic heterocycles. The monoisotopic (exact) mass is 358 g/mol. The fourth-order valence-corrected chi connectivity index (χ4v) is 2.72. The van der Waals surface area contributed by atoms with Crippen molar-refractivity contribution in [2.75, 3.05) is 38.1 Å². The van der Waals surface area contributed by atoms with Gasteiger partial charge >= 0.3 is 0 Å². The minimum Gasteiger partial charge on any atom is -0.374 e. The Morgan fingerprint density at radius 2 is 2.43 bits per heavy atom. The molecule has 0 radical (unpaired) electrons. The van der Waals surface area contributed by atoms with Crippen molar-refractivity contribution < 1.29 is 9.66 Å². The fraction of sp³-hybridized carbons (Fsp3) is 0.615. The first-order valence-electron chi connectivity index (χ1n) is 6.90. The second-order valence-corrected chi connectivity index (χ2v) is 5.75. The fourth-order valence-electron chi connectivity index (χ4n) is 2.28. The zero-order chi connectivity index (χ0) is 15.4. The number of anilines is 1. The molecule has 0 bridgehead atoms. The molecule has 1 N–H and O–H groups in total. The van der Waals surface area contributed by atoms with Crippen LogP contribution >= 0.6 is 15.9 Å². The van der Waals surface area contributed by atoms with Gasteiger partial charge in [0.05, 0.1) is 22.1 Å². The number of halogens is 1. The SMILES string of the molecule is CCN1CCOC(CNc2ncc([N+](=O)[O-])c(C)c2Br)C1. The third-order valence-corrected chi connectivity index (χ3v) is 4.57. The van der Waals surface area contributed by atoms with Crippen LogP contribution in [-0.4, -0.2) is 53.7 Å². The Morgan fingerprint density at radius 3 is 3.10 bits per heavy atom. The number of ether oxygens (including phenoxy) is 1. The molecule has 2 rings (SSSR count). The second-order valence-electron chi connectivity index (χ2n) is 4.96. The molecule has 1 unspecified atom stereocenters. The number of morpholine rings is 1. The molecule has 8 heteroatoms. The van der Waals surface area contributed by atoms with Crippen molar-refractivity contribution in [3.63, 3.8) is 0 Å². The molecule has 0 spiro atoms. The van der Waals surface area contributed by atoms with Crippen molar-refractivity contribution in [2.45, 2.75) is 20.0 Å². The highest BCUT2D eigenvalue weighted by Gasteiger charge is 2.21. The van der Waals surface area contributed by atoms with Crippen molar-refractivity contribution in [2.24, 2.45) is 0 Å². The molecule has 0 aromatic carbocycles. The van der Waals surface area contributed by atoms with Crippen LogP contribution < -0.4 is 5.32 Å². The summed E-state index contributed by atoms with van der Waals surface area (Å²) in [7, 11) is 0. The number of nitrogens with one attached hydrogen (secondary N) is 1. The topological polar surface area (TPSA) is 80.5 Å². The van der Waals surface area contributed by atoms with Crippen LogP contribution in [0, 0.1) is 17.0 Å². The van der Waals surface area contributed by atoms with E-state index in [-0.39, 0.29) is 11.8 Å². The number of rotatable bonds is 5. The maximum Gasteiger partial charge on any atom is 0.291 e. The lowest BCUT2D eigenvalue weighted by Crippen LogP contribution is -2.45. The predicted molar refractivity (Wildman–Crippen MR) is 83.7 cm³/mol. The summed E-state index contributed by atoms with van der Waals surface area (Å²) in [4.78, 5) is 16.9. The van der Waals surface area contributed by atoms with Gasteiger partial charge in [0.2, 0.25) is 0 Å². The van der Waals surface area contributed by atoms with Crippen molar-refractivity contribution in [3.05, 3.63) is 26.3 Å². The standard InChI is InChI=1S/C13H19BrN4O3/c1-3-17-4-5-21-10(8-17)6-15-13-12(14)9(2)11(7-16-13)18(19)20/h7,10H,3-6,8H2,1-2H3,(H,15,16). The summed E-state index contributed by atoms with van der Waals surface area (Å²) in [6.45, 7) is 8.04. The van der Waals surface area contributed by atoms with Gasteiger partial charge in [-0.3, -0.25) is 15.0 Å². The predicted octanol–water partition coefficient (Wildman–Crippen LogP) is 2.19. The number of aromatic nitrogens is 1. The summed E-state index contributed by atoms with van der Waals surface area (Å²) in [5.74, 6) is 0.607. The highest BCUT2D eigenvalue weighted by Crippen LogP contribution is 2.30.